The molecule has 86 valence electrons. The highest BCUT2D eigenvalue weighted by Crippen LogP contribution is 2.33. The van der Waals surface area contributed by atoms with Gasteiger partial charge in [-0.25, -0.2) is 0 Å². The average Bonchev–Trinajstić information content (AvgIpc) is 1.78. The summed E-state index contributed by atoms with van der Waals surface area (Å²) >= 11 is 0. The van der Waals surface area contributed by atoms with Crippen LogP contribution in [0.3, 0.4) is 0 Å². The maximum absolute atomic E-state index is 10.5. The highest BCUT2D eigenvalue weighted by Gasteiger charge is 2.21. The van der Waals surface area contributed by atoms with Gasteiger partial charge in [0.15, 0.2) is 0 Å². The number of nitrogens with zero attached hydrogens (tertiary/aromatic N) is 1. The van der Waals surface area contributed by atoms with Crippen molar-refractivity contribution in [3.63, 3.8) is 0 Å². The number of quaternary nitrogens is 1. The van der Waals surface area contributed by atoms with Crippen LogP contribution in [0.2, 0.25) is 0 Å². The molecule has 0 aliphatic carbocycles. The molecule has 0 bridgehead atoms. The summed E-state index contributed by atoms with van der Waals surface area (Å²) in [4.78, 5) is 19.0. The van der Waals surface area contributed by atoms with Gasteiger partial charge in [0.25, 0.3) is 7.82 Å². The molecule has 0 rings (SSSR count). The lowest BCUT2D eigenvalue weighted by molar-refractivity contribution is -0.873. The second-order valence-electron chi connectivity index (χ2n) is 4.18. The minimum absolute atomic E-state index is 0.176. The van der Waals surface area contributed by atoms with Gasteiger partial charge in [0.1, 0.15) is 12.6 Å². The van der Waals surface area contributed by atoms with Crippen LogP contribution in [0, 0.1) is 0 Å². The van der Waals surface area contributed by atoms with Crippen molar-refractivity contribution in [1.82, 2.24) is 0 Å². The van der Waals surface area contributed by atoms with E-state index < -0.39 is 13.9 Å². The molecule has 2 unspecified atom stereocenters. The number of hydrogen-bond acceptors (Lipinski definition) is 4. The fourth-order valence-electron chi connectivity index (χ4n) is 1.12. The van der Waals surface area contributed by atoms with Crippen molar-refractivity contribution < 1.29 is 28.5 Å². The molecule has 6 nitrogen and oxygen atoms in total. The predicted octanol–water partition coefficient (Wildman–Crippen LogP) is -1.08. The predicted molar refractivity (Wildman–Crippen MR) is 49.3 cm³/mol. The molecule has 2 N–H and O–H groups in total. The molecule has 0 aliphatic rings. The van der Waals surface area contributed by atoms with Gasteiger partial charge in [-0.05, 0) is 0 Å². The summed E-state index contributed by atoms with van der Waals surface area (Å²) < 4.78 is 15.4. The molecule has 0 saturated carbocycles. The van der Waals surface area contributed by atoms with Gasteiger partial charge in [-0.3, -0.25) is 4.57 Å². The van der Waals surface area contributed by atoms with E-state index in [2.05, 4.69) is 4.52 Å². The zero-order valence-electron chi connectivity index (χ0n) is 8.71. The van der Waals surface area contributed by atoms with Gasteiger partial charge < -0.3 is 23.9 Å². The second kappa shape index (κ2) is 5.21. The van der Waals surface area contributed by atoms with Crippen LogP contribution in [0.1, 0.15) is 6.42 Å². The van der Waals surface area contributed by atoms with Crippen LogP contribution in [0.5, 0.6) is 0 Å². The van der Waals surface area contributed by atoms with Crippen LogP contribution < -0.4 is 4.89 Å². The van der Waals surface area contributed by atoms with Crippen molar-refractivity contribution in [1.29, 1.82) is 0 Å². The highest BCUT2D eigenvalue weighted by atomic mass is 31.2. The molecule has 0 heterocycles. The first kappa shape index (κ1) is 14.0. The summed E-state index contributed by atoms with van der Waals surface area (Å²) in [5.41, 5.74) is 0. The molecule has 14 heavy (non-hydrogen) atoms. The van der Waals surface area contributed by atoms with Crippen molar-refractivity contribution in [2.75, 3.05) is 34.3 Å². The number of phosphoric acid groups is 1. The molecule has 0 aromatic heterocycles. The van der Waals surface area contributed by atoms with Gasteiger partial charge in [-0.2, -0.15) is 0 Å². The van der Waals surface area contributed by atoms with E-state index in [-0.39, 0.29) is 13.0 Å². The number of rotatable bonds is 6. The van der Waals surface area contributed by atoms with Gasteiger partial charge in [0, 0.05) is 13.0 Å². The largest absolute Gasteiger partial charge is 0.756 e. The van der Waals surface area contributed by atoms with Crippen LogP contribution in [0.25, 0.3) is 0 Å². The second-order valence-corrected chi connectivity index (χ2v) is 5.33. The van der Waals surface area contributed by atoms with Crippen molar-refractivity contribution >= 4 is 7.82 Å². The minimum Gasteiger partial charge on any atom is -0.756 e. The van der Waals surface area contributed by atoms with Crippen LogP contribution in [-0.4, -0.2) is 54.9 Å². The molecular formula is C7H18NO5P. The third kappa shape index (κ3) is 8.62. The van der Waals surface area contributed by atoms with E-state index in [9.17, 15) is 9.46 Å². The van der Waals surface area contributed by atoms with Gasteiger partial charge in [0.2, 0.25) is 0 Å². The lowest BCUT2D eigenvalue weighted by Gasteiger charge is -2.31. The maximum atomic E-state index is 10.5. The van der Waals surface area contributed by atoms with Crippen molar-refractivity contribution in [3.05, 3.63) is 0 Å². The molecule has 0 aliphatic heterocycles. The Morgan fingerprint density at radius 1 is 1.50 bits per heavy atom. The molecular weight excluding hydrogens is 209 g/mol. The Bertz CT molecular complexity index is 209. The summed E-state index contributed by atoms with van der Waals surface area (Å²) in [6, 6.07) is 0. The highest BCUT2D eigenvalue weighted by molar-refractivity contribution is 7.44. The quantitative estimate of drug-likeness (QED) is 0.445. The fraction of sp³-hybridized carbons (Fsp3) is 1.00. The number of aliphatic hydroxyl groups is 1. The summed E-state index contributed by atoms with van der Waals surface area (Å²) in [5.74, 6) is 0. The van der Waals surface area contributed by atoms with E-state index in [0.717, 1.165) is 0 Å². The van der Waals surface area contributed by atoms with Gasteiger partial charge in [0.05, 0.1) is 21.1 Å². The number of aliphatic hydroxyl groups excluding tert-OH is 1. The molecule has 0 saturated heterocycles. The van der Waals surface area contributed by atoms with Crippen LogP contribution >= 0.6 is 7.82 Å². The van der Waals surface area contributed by atoms with Crippen molar-refractivity contribution in [2.24, 2.45) is 0 Å². The molecule has 0 spiro atoms. The van der Waals surface area contributed by atoms with E-state index in [1.165, 1.54) is 0 Å². The summed E-state index contributed by atoms with van der Waals surface area (Å²) in [6.45, 7) is 0.220. The van der Waals surface area contributed by atoms with E-state index in [4.69, 9.17) is 10.00 Å². The lowest BCUT2D eigenvalue weighted by atomic mass is 10.2. The number of hydrogen-bond donors (Lipinski definition) is 2. The Morgan fingerprint density at radius 2 is 2.00 bits per heavy atom. The Morgan fingerprint density at radius 3 is 2.29 bits per heavy atom. The third-order valence-electron chi connectivity index (χ3n) is 1.48. The maximum Gasteiger partial charge on any atom is 0.265 e. The summed E-state index contributed by atoms with van der Waals surface area (Å²) in [7, 11) is 0.877. The Labute approximate surface area is 83.9 Å². The fourth-order valence-corrected chi connectivity index (χ4v) is 1.67. The van der Waals surface area contributed by atoms with E-state index in [1.807, 2.05) is 21.1 Å². The zero-order chi connectivity index (χ0) is 11.4. The molecule has 0 aromatic carbocycles. The smallest absolute Gasteiger partial charge is 0.265 e. The average molecular weight is 227 g/mol. The van der Waals surface area contributed by atoms with E-state index in [1.54, 1.807) is 0 Å². The molecule has 2 atom stereocenters. The van der Waals surface area contributed by atoms with Gasteiger partial charge >= 0.3 is 0 Å². The normalized spacial score (nSPS) is 19.0. The topological polar surface area (TPSA) is 89.8 Å². The lowest BCUT2D eigenvalue weighted by Crippen LogP contribution is -2.42. The van der Waals surface area contributed by atoms with Crippen molar-refractivity contribution in [3.8, 4) is 0 Å². The zero-order valence-corrected chi connectivity index (χ0v) is 9.61. The summed E-state index contributed by atoms with van der Waals surface area (Å²) in [6.07, 6.45) is -0.504. The van der Waals surface area contributed by atoms with E-state index in [0.29, 0.717) is 11.0 Å². The summed E-state index contributed by atoms with van der Waals surface area (Å²) in [5, 5.41) is 8.67. The molecule has 0 radical (unpaired) electrons. The Hall–Kier alpha value is 0.0300. The standard InChI is InChI=1S/C7H18NO5P/c1-8(2,3)6-7(4-5-9)13-14(10,11)12/h7,9H,4-6H2,1-3H3,(H-,10,11,12). The van der Waals surface area contributed by atoms with Crippen molar-refractivity contribution in [2.45, 2.75) is 12.5 Å². The molecule has 7 heteroatoms. The first-order chi connectivity index (χ1) is 6.14. The third-order valence-corrected chi connectivity index (χ3v) is 2.05. The number of likely N-dealkylation sites (N-methyl/N-ethyl adjacent to an activating group) is 1. The molecule has 0 aromatic rings. The van der Waals surface area contributed by atoms with Gasteiger partial charge in [-0.1, -0.05) is 0 Å². The minimum atomic E-state index is -4.71. The molecule has 0 amide bonds. The molecule has 0 fully saturated rings. The first-order valence-electron chi connectivity index (χ1n) is 4.27. The van der Waals surface area contributed by atoms with Gasteiger partial charge in [-0.15, -0.1) is 0 Å². The van der Waals surface area contributed by atoms with Crippen LogP contribution in [-0.2, 0) is 9.09 Å². The van der Waals surface area contributed by atoms with Crippen LogP contribution in [0.15, 0.2) is 0 Å². The van der Waals surface area contributed by atoms with E-state index >= 15 is 0 Å². The monoisotopic (exact) mass is 227 g/mol. The number of phosphoric ester groups is 1. The van der Waals surface area contributed by atoms with Crippen LogP contribution in [0.4, 0.5) is 0 Å². The Balaban J connectivity index is 4.23. The SMILES string of the molecule is C[N+](C)(C)CC(CCO)OP(=O)([O-])O. The first-order valence-corrected chi connectivity index (χ1v) is 5.77. The Kier molecular flexibility index (Phi) is 5.22.